The number of aromatic nitrogens is 2. The number of carbonyl (C=O) groups is 1. The van der Waals surface area contributed by atoms with Crippen LogP contribution < -0.4 is 10.9 Å². The molecule has 0 atom stereocenters. The van der Waals surface area contributed by atoms with E-state index in [1.165, 1.54) is 18.8 Å². The molecule has 2 heterocycles. The van der Waals surface area contributed by atoms with Crippen LogP contribution in [0, 0.1) is 0 Å². The summed E-state index contributed by atoms with van der Waals surface area (Å²) in [5.41, 5.74) is 8.85. The van der Waals surface area contributed by atoms with E-state index in [1.807, 2.05) is 6.07 Å². The smallest absolute Gasteiger partial charge is 0.235 e. The molecule has 0 saturated carbocycles. The van der Waals surface area contributed by atoms with Gasteiger partial charge in [0.25, 0.3) is 0 Å². The van der Waals surface area contributed by atoms with Crippen molar-refractivity contribution in [3.05, 3.63) is 42.2 Å². The molecular weight excluding hydrogens is 320 g/mol. The number of thiophene rings is 1. The Balaban J connectivity index is 1.96. The molecule has 5 nitrogen and oxygen atoms in total. The molecule has 2 N–H and O–H groups in total. The predicted octanol–water partition coefficient (Wildman–Crippen LogP) is 4.12. The Morgan fingerprint density at radius 1 is 1.12 bits per heavy atom. The molecule has 1 amide bonds. The van der Waals surface area contributed by atoms with E-state index in [-0.39, 0.29) is 11.3 Å². The fraction of sp³-hybridized carbons (Fsp3) is 0.278. The molecule has 0 fully saturated rings. The van der Waals surface area contributed by atoms with Gasteiger partial charge in [0.1, 0.15) is 6.33 Å². The van der Waals surface area contributed by atoms with Crippen molar-refractivity contribution in [2.45, 2.75) is 33.1 Å². The van der Waals surface area contributed by atoms with Gasteiger partial charge in [0, 0.05) is 11.8 Å². The number of hydrogen-bond donors (Lipinski definition) is 2. The summed E-state index contributed by atoms with van der Waals surface area (Å²) in [6.45, 7) is 8.06. The third kappa shape index (κ3) is 3.38. The highest BCUT2D eigenvalue weighted by Crippen LogP contribution is 2.36. The molecule has 3 aromatic rings. The van der Waals surface area contributed by atoms with Gasteiger partial charge < -0.3 is 0 Å². The highest BCUT2D eigenvalue weighted by molar-refractivity contribution is 7.22. The van der Waals surface area contributed by atoms with Crippen molar-refractivity contribution in [1.29, 1.82) is 0 Å². The zero-order chi connectivity index (χ0) is 17.3. The normalized spacial score (nSPS) is 11.5. The number of fused-ring (bicyclic) bond motifs is 1. The molecular formula is C18H20N4OS. The molecule has 1 aromatic carbocycles. The fourth-order valence-electron chi connectivity index (χ4n) is 2.37. The van der Waals surface area contributed by atoms with Crippen LogP contribution in [0.4, 0.5) is 5.82 Å². The van der Waals surface area contributed by atoms with Gasteiger partial charge in [-0.05, 0) is 22.6 Å². The number of nitrogens with one attached hydrogen (secondary N) is 2. The summed E-state index contributed by atoms with van der Waals surface area (Å²) in [6, 6.07) is 10.7. The van der Waals surface area contributed by atoms with Crippen LogP contribution in [0.1, 0.15) is 33.3 Å². The number of amides is 1. The lowest BCUT2D eigenvalue weighted by Crippen LogP contribution is -2.27. The zero-order valence-electron chi connectivity index (χ0n) is 14.2. The van der Waals surface area contributed by atoms with Gasteiger partial charge in [-0.2, -0.15) is 0 Å². The van der Waals surface area contributed by atoms with Crippen LogP contribution in [0.25, 0.3) is 20.7 Å². The Morgan fingerprint density at radius 2 is 1.83 bits per heavy atom. The summed E-state index contributed by atoms with van der Waals surface area (Å²) in [7, 11) is 0. The SMILES string of the molecule is CC(=O)NNc1ncnc2cc(-c3ccc(C(C)(C)C)cc3)sc12. The van der Waals surface area contributed by atoms with Crippen molar-refractivity contribution in [3.8, 4) is 10.4 Å². The molecule has 0 unspecified atom stereocenters. The van der Waals surface area contributed by atoms with E-state index < -0.39 is 0 Å². The van der Waals surface area contributed by atoms with Gasteiger partial charge in [0.2, 0.25) is 5.91 Å². The molecule has 0 bridgehead atoms. The minimum atomic E-state index is -0.170. The van der Waals surface area contributed by atoms with Crippen molar-refractivity contribution < 1.29 is 4.79 Å². The maximum Gasteiger partial charge on any atom is 0.235 e. The molecule has 0 aliphatic carbocycles. The van der Waals surface area contributed by atoms with Crippen LogP contribution in [-0.4, -0.2) is 15.9 Å². The molecule has 24 heavy (non-hydrogen) atoms. The first-order valence-corrected chi connectivity index (χ1v) is 8.54. The molecule has 6 heteroatoms. The van der Waals surface area contributed by atoms with E-state index in [9.17, 15) is 4.79 Å². The van der Waals surface area contributed by atoms with Crippen molar-refractivity contribution in [2.24, 2.45) is 0 Å². The summed E-state index contributed by atoms with van der Waals surface area (Å²) in [5, 5.41) is 0. The van der Waals surface area contributed by atoms with Gasteiger partial charge in [0.15, 0.2) is 5.82 Å². The van der Waals surface area contributed by atoms with Gasteiger partial charge >= 0.3 is 0 Å². The topological polar surface area (TPSA) is 66.9 Å². The van der Waals surface area contributed by atoms with Gasteiger partial charge in [-0.15, -0.1) is 11.3 Å². The number of anilines is 1. The number of carbonyl (C=O) groups excluding carboxylic acids is 1. The summed E-state index contributed by atoms with van der Waals surface area (Å²) in [5.74, 6) is 0.439. The van der Waals surface area contributed by atoms with Gasteiger partial charge in [-0.1, -0.05) is 45.0 Å². The predicted molar refractivity (Wildman–Crippen MR) is 99.0 cm³/mol. The van der Waals surface area contributed by atoms with Crippen LogP contribution in [-0.2, 0) is 10.2 Å². The zero-order valence-corrected chi connectivity index (χ0v) is 15.0. The van der Waals surface area contributed by atoms with Crippen molar-refractivity contribution >= 4 is 33.3 Å². The Morgan fingerprint density at radius 3 is 2.46 bits per heavy atom. The number of benzene rings is 1. The maximum absolute atomic E-state index is 11.1. The van der Waals surface area contributed by atoms with E-state index in [1.54, 1.807) is 11.3 Å². The third-order valence-corrected chi connectivity index (χ3v) is 4.88. The first-order valence-electron chi connectivity index (χ1n) is 7.72. The number of hydrogen-bond acceptors (Lipinski definition) is 5. The Kier molecular flexibility index (Phi) is 4.24. The number of rotatable bonds is 3. The van der Waals surface area contributed by atoms with E-state index in [2.05, 4.69) is 65.9 Å². The van der Waals surface area contributed by atoms with Gasteiger partial charge in [-0.3, -0.25) is 15.6 Å². The van der Waals surface area contributed by atoms with Crippen molar-refractivity contribution in [2.75, 3.05) is 5.43 Å². The Labute approximate surface area is 145 Å². The van der Waals surface area contributed by atoms with Gasteiger partial charge in [-0.25, -0.2) is 9.97 Å². The average Bonchev–Trinajstić information content (AvgIpc) is 2.96. The van der Waals surface area contributed by atoms with E-state index >= 15 is 0 Å². The second-order valence-corrected chi connectivity index (χ2v) is 7.73. The van der Waals surface area contributed by atoms with Gasteiger partial charge in [0.05, 0.1) is 10.2 Å². The minimum Gasteiger partial charge on any atom is -0.281 e. The highest BCUT2D eigenvalue weighted by atomic mass is 32.1. The Hall–Kier alpha value is -2.47. The van der Waals surface area contributed by atoms with Crippen LogP contribution in [0.5, 0.6) is 0 Å². The number of hydrazine groups is 1. The van der Waals surface area contributed by atoms with Crippen LogP contribution in [0.15, 0.2) is 36.7 Å². The third-order valence-electron chi connectivity index (χ3n) is 3.70. The molecule has 2 aromatic heterocycles. The molecule has 3 rings (SSSR count). The molecule has 0 radical (unpaired) electrons. The molecule has 0 spiro atoms. The van der Waals surface area contributed by atoms with Crippen LogP contribution in [0.3, 0.4) is 0 Å². The van der Waals surface area contributed by atoms with Crippen LogP contribution in [0.2, 0.25) is 0 Å². The second kappa shape index (κ2) is 6.20. The van der Waals surface area contributed by atoms with Crippen LogP contribution >= 0.6 is 11.3 Å². The summed E-state index contributed by atoms with van der Waals surface area (Å²) < 4.78 is 0.918. The van der Waals surface area contributed by atoms with Crippen molar-refractivity contribution in [1.82, 2.24) is 15.4 Å². The molecule has 0 saturated heterocycles. The minimum absolute atomic E-state index is 0.139. The molecule has 0 aliphatic rings. The average molecular weight is 340 g/mol. The quantitative estimate of drug-likeness (QED) is 0.704. The monoisotopic (exact) mass is 340 g/mol. The first-order chi connectivity index (χ1) is 11.3. The largest absolute Gasteiger partial charge is 0.281 e. The number of nitrogens with zero attached hydrogens (tertiary/aromatic N) is 2. The van der Waals surface area contributed by atoms with E-state index in [0.29, 0.717) is 5.82 Å². The van der Waals surface area contributed by atoms with E-state index in [4.69, 9.17) is 0 Å². The van der Waals surface area contributed by atoms with E-state index in [0.717, 1.165) is 20.7 Å². The lowest BCUT2D eigenvalue weighted by Gasteiger charge is -2.18. The fourth-order valence-corrected chi connectivity index (χ4v) is 3.43. The summed E-state index contributed by atoms with van der Waals surface area (Å²) >= 11 is 1.60. The molecule has 0 aliphatic heterocycles. The highest BCUT2D eigenvalue weighted by Gasteiger charge is 2.14. The Bertz CT molecular complexity index is 878. The summed E-state index contributed by atoms with van der Waals surface area (Å²) in [4.78, 5) is 20.7. The first kappa shape index (κ1) is 16.4. The lowest BCUT2D eigenvalue weighted by atomic mass is 9.86. The maximum atomic E-state index is 11.1. The lowest BCUT2D eigenvalue weighted by molar-refractivity contribution is -0.118. The second-order valence-electron chi connectivity index (χ2n) is 6.68. The standard InChI is InChI=1S/C18H20N4OS/c1-11(23)21-22-17-16-14(19-10-20-17)9-15(24-16)12-5-7-13(8-6-12)18(2,3)4/h5-10H,1-4H3,(H,21,23)(H,19,20,22). The van der Waals surface area contributed by atoms with Crippen molar-refractivity contribution in [3.63, 3.8) is 0 Å². The summed E-state index contributed by atoms with van der Waals surface area (Å²) in [6.07, 6.45) is 1.49. The molecule has 124 valence electrons.